The van der Waals surface area contributed by atoms with Crippen LogP contribution in [0.25, 0.3) is 5.76 Å². The Labute approximate surface area is 220 Å². The number of Topliss-reactive ketones (excluding diaryl/α,β-unsaturated/α-hetero) is 1. The maximum Gasteiger partial charge on any atom is 0.300 e. The first-order valence-electron chi connectivity index (χ1n) is 11.7. The number of rotatable bonds is 8. The number of hydrogen-bond donors (Lipinski definition) is 1. The molecule has 1 saturated heterocycles. The van der Waals surface area contributed by atoms with Gasteiger partial charge in [0.05, 0.1) is 47.2 Å². The lowest BCUT2D eigenvalue weighted by molar-refractivity contribution is -0.132. The zero-order valence-corrected chi connectivity index (χ0v) is 22.0. The Morgan fingerprint density at radius 1 is 0.763 bits per heavy atom. The Morgan fingerprint density at radius 3 is 1.92 bits per heavy atom. The lowest BCUT2D eigenvalue weighted by Crippen LogP contribution is -2.30. The Kier molecular flexibility index (Phi) is 7.47. The van der Waals surface area contributed by atoms with Crippen molar-refractivity contribution in [2.45, 2.75) is 13.0 Å². The molecular formula is C29H29NO8. The molecule has 1 aliphatic heterocycles. The van der Waals surface area contributed by atoms with Crippen molar-refractivity contribution >= 4 is 23.1 Å². The number of anilines is 1. The molecule has 1 unspecified atom stereocenters. The van der Waals surface area contributed by atoms with Gasteiger partial charge in [0.2, 0.25) is 5.75 Å². The topological polar surface area (TPSA) is 104 Å². The second-order valence-corrected chi connectivity index (χ2v) is 8.48. The Hall–Kier alpha value is -4.66. The molecule has 1 atom stereocenters. The van der Waals surface area contributed by atoms with E-state index in [9.17, 15) is 14.7 Å². The van der Waals surface area contributed by atoms with Crippen LogP contribution in [-0.2, 0) is 9.59 Å². The van der Waals surface area contributed by atoms with Gasteiger partial charge in [-0.1, -0.05) is 18.2 Å². The quantitative estimate of drug-likeness (QED) is 0.260. The van der Waals surface area contributed by atoms with Gasteiger partial charge in [0.25, 0.3) is 11.7 Å². The van der Waals surface area contributed by atoms with Crippen LogP contribution in [0.15, 0.2) is 60.2 Å². The molecule has 1 N–H and O–H groups in total. The van der Waals surface area contributed by atoms with Gasteiger partial charge in [-0.15, -0.1) is 0 Å². The summed E-state index contributed by atoms with van der Waals surface area (Å²) in [6.07, 6.45) is 0. The van der Waals surface area contributed by atoms with Gasteiger partial charge in [0.1, 0.15) is 5.76 Å². The van der Waals surface area contributed by atoms with E-state index in [4.69, 9.17) is 23.7 Å². The minimum Gasteiger partial charge on any atom is -0.507 e. The minimum atomic E-state index is -1.00. The van der Waals surface area contributed by atoms with Gasteiger partial charge in [0.15, 0.2) is 23.0 Å². The van der Waals surface area contributed by atoms with E-state index in [0.717, 1.165) is 5.56 Å². The Bertz CT molecular complexity index is 1400. The molecule has 1 amide bonds. The maximum atomic E-state index is 13.6. The highest BCUT2D eigenvalue weighted by atomic mass is 16.5. The molecule has 3 aromatic rings. The summed E-state index contributed by atoms with van der Waals surface area (Å²) in [5, 5.41) is 11.5. The number of benzene rings is 3. The van der Waals surface area contributed by atoms with E-state index in [-0.39, 0.29) is 16.9 Å². The van der Waals surface area contributed by atoms with Crippen LogP contribution in [0.2, 0.25) is 0 Å². The third-order valence-corrected chi connectivity index (χ3v) is 6.48. The molecule has 0 aliphatic carbocycles. The molecule has 0 radical (unpaired) electrons. The number of ketones is 1. The summed E-state index contributed by atoms with van der Waals surface area (Å²) in [4.78, 5) is 28.5. The van der Waals surface area contributed by atoms with E-state index >= 15 is 0 Å². The summed E-state index contributed by atoms with van der Waals surface area (Å²) in [7, 11) is 7.40. The molecule has 0 spiro atoms. The molecule has 198 valence electrons. The average Bonchev–Trinajstić information content (AvgIpc) is 3.21. The lowest BCUT2D eigenvalue weighted by Gasteiger charge is -2.27. The highest BCUT2D eigenvalue weighted by Gasteiger charge is 2.48. The normalized spacial score (nSPS) is 16.4. The minimum absolute atomic E-state index is 0.0975. The zero-order valence-electron chi connectivity index (χ0n) is 22.0. The van der Waals surface area contributed by atoms with Gasteiger partial charge in [0, 0.05) is 11.3 Å². The Balaban J connectivity index is 2.03. The molecule has 1 fully saturated rings. The number of para-hydroxylation sites is 1. The molecule has 0 aromatic heterocycles. The summed E-state index contributed by atoms with van der Waals surface area (Å²) in [5.41, 5.74) is 1.96. The van der Waals surface area contributed by atoms with Gasteiger partial charge in [-0.05, 0) is 54.4 Å². The van der Waals surface area contributed by atoms with Gasteiger partial charge >= 0.3 is 0 Å². The first-order valence-corrected chi connectivity index (χ1v) is 11.7. The van der Waals surface area contributed by atoms with Crippen molar-refractivity contribution < 1.29 is 38.4 Å². The Morgan fingerprint density at radius 2 is 1.37 bits per heavy atom. The van der Waals surface area contributed by atoms with E-state index in [0.29, 0.717) is 40.0 Å². The number of aliphatic hydroxyl groups is 1. The molecule has 4 rings (SSSR count). The van der Waals surface area contributed by atoms with Crippen molar-refractivity contribution in [2.75, 3.05) is 40.4 Å². The third-order valence-electron chi connectivity index (χ3n) is 6.48. The van der Waals surface area contributed by atoms with Crippen molar-refractivity contribution in [3.63, 3.8) is 0 Å². The van der Waals surface area contributed by atoms with Crippen molar-refractivity contribution in [1.29, 1.82) is 0 Å². The summed E-state index contributed by atoms with van der Waals surface area (Å²) >= 11 is 0. The maximum absolute atomic E-state index is 13.6. The molecule has 9 heteroatoms. The number of carbonyl (C=O) groups is 2. The van der Waals surface area contributed by atoms with Crippen molar-refractivity contribution in [3.8, 4) is 28.7 Å². The highest BCUT2D eigenvalue weighted by Crippen LogP contribution is 2.47. The molecule has 3 aromatic carbocycles. The fourth-order valence-corrected chi connectivity index (χ4v) is 4.63. The second-order valence-electron chi connectivity index (χ2n) is 8.48. The number of hydrogen-bond acceptors (Lipinski definition) is 8. The van der Waals surface area contributed by atoms with Crippen LogP contribution in [-0.4, -0.2) is 52.3 Å². The van der Waals surface area contributed by atoms with Crippen LogP contribution in [0.5, 0.6) is 28.7 Å². The van der Waals surface area contributed by atoms with Gasteiger partial charge in [-0.2, -0.15) is 0 Å². The predicted molar refractivity (Wildman–Crippen MR) is 142 cm³/mol. The molecule has 9 nitrogen and oxygen atoms in total. The van der Waals surface area contributed by atoms with Crippen molar-refractivity contribution in [3.05, 3.63) is 76.9 Å². The average molecular weight is 520 g/mol. The van der Waals surface area contributed by atoms with E-state index in [2.05, 4.69) is 0 Å². The predicted octanol–water partition coefficient (Wildman–Crippen LogP) is 4.66. The number of nitrogens with zero attached hydrogens (tertiary/aromatic N) is 1. The first kappa shape index (κ1) is 26.4. The fraction of sp³-hybridized carbons (Fsp3) is 0.241. The van der Waals surface area contributed by atoms with Crippen molar-refractivity contribution in [1.82, 2.24) is 0 Å². The molecule has 38 heavy (non-hydrogen) atoms. The molecule has 0 bridgehead atoms. The molecule has 1 aliphatic rings. The standard InChI is InChI=1S/C29H29NO8/c1-16-9-7-8-10-19(16)30-25(18-14-22(36-4)28(38-6)23(15-18)37-5)24(27(32)29(30)33)26(31)17-11-12-20(34-2)21(13-17)35-3/h7-15,25,31H,1-6H3/b26-24+. The number of aliphatic hydroxyl groups excluding tert-OH is 1. The number of ether oxygens (including phenoxy) is 5. The summed E-state index contributed by atoms with van der Waals surface area (Å²) in [5.74, 6) is -0.142. The van der Waals surface area contributed by atoms with Crippen LogP contribution in [0, 0.1) is 6.92 Å². The van der Waals surface area contributed by atoms with E-state index < -0.39 is 17.7 Å². The number of carbonyl (C=O) groups excluding carboxylic acids is 2. The van der Waals surface area contributed by atoms with Crippen molar-refractivity contribution in [2.24, 2.45) is 0 Å². The zero-order chi connectivity index (χ0) is 27.6. The third kappa shape index (κ3) is 4.36. The van der Waals surface area contributed by atoms with Gasteiger partial charge < -0.3 is 28.8 Å². The van der Waals surface area contributed by atoms with E-state index in [1.807, 2.05) is 19.1 Å². The largest absolute Gasteiger partial charge is 0.507 e. The second kappa shape index (κ2) is 10.8. The lowest BCUT2D eigenvalue weighted by atomic mass is 9.94. The molecule has 0 saturated carbocycles. The molecule has 1 heterocycles. The fourth-order valence-electron chi connectivity index (χ4n) is 4.63. The summed E-state index contributed by atoms with van der Waals surface area (Å²) in [6, 6.07) is 14.3. The first-order chi connectivity index (χ1) is 18.3. The highest BCUT2D eigenvalue weighted by molar-refractivity contribution is 6.51. The van der Waals surface area contributed by atoms with Crippen LogP contribution in [0.3, 0.4) is 0 Å². The number of methoxy groups -OCH3 is 5. The van der Waals surface area contributed by atoms with Gasteiger partial charge in [-0.3, -0.25) is 14.5 Å². The van der Waals surface area contributed by atoms with Crippen LogP contribution in [0.1, 0.15) is 22.7 Å². The molecular weight excluding hydrogens is 490 g/mol. The summed E-state index contributed by atoms with van der Waals surface area (Å²) < 4.78 is 27.2. The van der Waals surface area contributed by atoms with Gasteiger partial charge in [-0.25, -0.2) is 0 Å². The van der Waals surface area contributed by atoms with E-state index in [1.165, 1.54) is 40.4 Å². The van der Waals surface area contributed by atoms with Crippen LogP contribution < -0.4 is 28.6 Å². The number of aryl methyl sites for hydroxylation is 1. The number of amides is 1. The SMILES string of the molecule is COc1ccc(/C(O)=C2\C(=O)C(=O)N(c3ccccc3C)C2c2cc(OC)c(OC)c(OC)c2)cc1OC. The van der Waals surface area contributed by atoms with Crippen LogP contribution in [0.4, 0.5) is 5.69 Å². The van der Waals surface area contributed by atoms with E-state index in [1.54, 1.807) is 42.5 Å². The van der Waals surface area contributed by atoms with Crippen LogP contribution >= 0.6 is 0 Å². The monoisotopic (exact) mass is 519 g/mol. The summed E-state index contributed by atoms with van der Waals surface area (Å²) in [6.45, 7) is 1.84. The smallest absolute Gasteiger partial charge is 0.300 e.